The number of nitrogens with one attached hydrogen (secondary N) is 1. The molecule has 3 rings (SSSR count). The summed E-state index contributed by atoms with van der Waals surface area (Å²) in [5, 5.41) is 3.89. The summed E-state index contributed by atoms with van der Waals surface area (Å²) in [4.78, 5) is 8.51. The maximum Gasteiger partial charge on any atom is 0.130 e. The van der Waals surface area contributed by atoms with E-state index in [1.54, 1.807) is 12.1 Å². The van der Waals surface area contributed by atoms with Crippen LogP contribution in [0.5, 0.6) is 0 Å². The molecule has 0 fully saturated rings. The molecule has 0 bridgehead atoms. The first-order chi connectivity index (χ1) is 12.0. The average Bonchev–Trinajstić information content (AvgIpc) is 2.63. The van der Waals surface area contributed by atoms with E-state index in [9.17, 15) is 4.39 Å². The Bertz CT molecular complexity index is 868. The van der Waals surface area contributed by atoms with Gasteiger partial charge in [0.25, 0.3) is 0 Å². The second-order valence-corrected chi connectivity index (χ2v) is 6.20. The maximum absolute atomic E-state index is 13.0. The molecule has 0 spiro atoms. The predicted molar refractivity (Wildman–Crippen MR) is 99.0 cm³/mol. The van der Waals surface area contributed by atoms with Crippen LogP contribution in [0.4, 0.5) is 10.2 Å². The molecule has 1 heterocycles. The van der Waals surface area contributed by atoms with Crippen LogP contribution >= 0.6 is 11.6 Å². The SMILES string of the molecule is Cc1ccc(-c2cc(NC[C@H](N)c3ccc(F)cc3)ncn2)cc1Cl. The van der Waals surface area contributed by atoms with Gasteiger partial charge in [0.05, 0.1) is 5.69 Å². The van der Waals surface area contributed by atoms with Crippen molar-refractivity contribution in [2.75, 3.05) is 11.9 Å². The molecular formula is C19H18ClFN4. The molecule has 128 valence electrons. The van der Waals surface area contributed by atoms with Gasteiger partial charge in [-0.25, -0.2) is 14.4 Å². The Hall–Kier alpha value is -2.50. The fourth-order valence-corrected chi connectivity index (χ4v) is 2.59. The molecule has 0 saturated carbocycles. The second-order valence-electron chi connectivity index (χ2n) is 5.79. The van der Waals surface area contributed by atoms with Crippen LogP contribution < -0.4 is 11.1 Å². The molecule has 0 aliphatic carbocycles. The zero-order valence-corrected chi connectivity index (χ0v) is 14.5. The third-order valence-corrected chi connectivity index (χ3v) is 4.34. The molecule has 0 aliphatic rings. The molecule has 1 aromatic heterocycles. The van der Waals surface area contributed by atoms with Crippen molar-refractivity contribution in [1.29, 1.82) is 0 Å². The summed E-state index contributed by atoms with van der Waals surface area (Å²) >= 11 is 6.18. The Morgan fingerprint density at radius 2 is 1.88 bits per heavy atom. The van der Waals surface area contributed by atoms with Gasteiger partial charge in [0.15, 0.2) is 0 Å². The highest BCUT2D eigenvalue weighted by molar-refractivity contribution is 6.31. The van der Waals surface area contributed by atoms with Crippen LogP contribution in [0.15, 0.2) is 54.9 Å². The van der Waals surface area contributed by atoms with Crippen molar-refractivity contribution < 1.29 is 4.39 Å². The lowest BCUT2D eigenvalue weighted by atomic mass is 10.1. The van der Waals surface area contributed by atoms with Gasteiger partial charge in [0, 0.05) is 29.2 Å². The van der Waals surface area contributed by atoms with E-state index in [4.69, 9.17) is 17.3 Å². The fourth-order valence-electron chi connectivity index (χ4n) is 2.41. The summed E-state index contributed by atoms with van der Waals surface area (Å²) in [6, 6.07) is 13.6. The van der Waals surface area contributed by atoms with Gasteiger partial charge in [0.1, 0.15) is 18.0 Å². The molecule has 1 atom stereocenters. The Kier molecular flexibility index (Phi) is 5.26. The second kappa shape index (κ2) is 7.59. The van der Waals surface area contributed by atoms with Gasteiger partial charge >= 0.3 is 0 Å². The number of rotatable bonds is 5. The molecule has 0 saturated heterocycles. The minimum Gasteiger partial charge on any atom is -0.368 e. The van der Waals surface area contributed by atoms with Gasteiger partial charge < -0.3 is 11.1 Å². The van der Waals surface area contributed by atoms with Gasteiger partial charge in [-0.05, 0) is 36.2 Å². The van der Waals surface area contributed by atoms with Crippen LogP contribution in [0, 0.1) is 12.7 Å². The number of nitrogens with zero attached hydrogens (tertiary/aromatic N) is 2. The number of hydrogen-bond acceptors (Lipinski definition) is 4. The lowest BCUT2D eigenvalue weighted by Gasteiger charge is -2.14. The van der Waals surface area contributed by atoms with Crippen LogP contribution in [0.25, 0.3) is 11.3 Å². The Balaban J connectivity index is 1.71. The highest BCUT2D eigenvalue weighted by atomic mass is 35.5. The summed E-state index contributed by atoms with van der Waals surface area (Å²) in [7, 11) is 0. The molecule has 3 aromatic rings. The lowest BCUT2D eigenvalue weighted by molar-refractivity contribution is 0.625. The molecule has 4 nitrogen and oxygen atoms in total. The molecular weight excluding hydrogens is 339 g/mol. The molecule has 3 N–H and O–H groups in total. The van der Waals surface area contributed by atoms with Gasteiger partial charge in [-0.15, -0.1) is 0 Å². The highest BCUT2D eigenvalue weighted by Gasteiger charge is 2.08. The summed E-state index contributed by atoms with van der Waals surface area (Å²) in [5.74, 6) is 0.389. The third kappa shape index (κ3) is 4.32. The number of aryl methyl sites for hydroxylation is 1. The number of nitrogens with two attached hydrogens (primary N) is 1. The number of hydrogen-bond donors (Lipinski definition) is 2. The van der Waals surface area contributed by atoms with E-state index in [1.165, 1.54) is 18.5 Å². The van der Waals surface area contributed by atoms with Gasteiger partial charge in [-0.1, -0.05) is 35.9 Å². The fraction of sp³-hybridized carbons (Fsp3) is 0.158. The molecule has 0 radical (unpaired) electrons. The van der Waals surface area contributed by atoms with E-state index in [0.29, 0.717) is 17.4 Å². The van der Waals surface area contributed by atoms with Crippen LogP contribution in [-0.4, -0.2) is 16.5 Å². The average molecular weight is 357 g/mol. The zero-order valence-electron chi connectivity index (χ0n) is 13.7. The molecule has 6 heteroatoms. The van der Waals surface area contributed by atoms with Crippen molar-refractivity contribution >= 4 is 17.4 Å². The maximum atomic E-state index is 13.0. The summed E-state index contributed by atoms with van der Waals surface area (Å²) < 4.78 is 13.0. The molecule has 0 aliphatic heterocycles. The molecule has 0 amide bonds. The molecule has 0 unspecified atom stereocenters. The standard InChI is InChI=1S/C19H18ClFN4/c1-12-2-3-14(8-16(12)20)18-9-19(25-11-24-18)23-10-17(22)13-4-6-15(21)7-5-13/h2-9,11,17H,10,22H2,1H3,(H,23,24,25)/t17-/m0/s1. The van der Waals surface area contributed by atoms with E-state index in [2.05, 4.69) is 15.3 Å². The van der Waals surface area contributed by atoms with E-state index < -0.39 is 0 Å². The molecule has 2 aromatic carbocycles. The first-order valence-corrected chi connectivity index (χ1v) is 8.24. The lowest BCUT2D eigenvalue weighted by Crippen LogP contribution is -2.21. The largest absolute Gasteiger partial charge is 0.368 e. The van der Waals surface area contributed by atoms with E-state index in [-0.39, 0.29) is 11.9 Å². The van der Waals surface area contributed by atoms with E-state index in [1.807, 2.05) is 31.2 Å². The van der Waals surface area contributed by atoms with Crippen molar-refractivity contribution in [3.8, 4) is 11.3 Å². The van der Waals surface area contributed by atoms with Crippen LogP contribution in [0.1, 0.15) is 17.2 Å². The minimum absolute atomic E-state index is 0.271. The quantitative estimate of drug-likeness (QED) is 0.713. The summed E-state index contributed by atoms with van der Waals surface area (Å²) in [6.07, 6.45) is 1.49. The van der Waals surface area contributed by atoms with Crippen LogP contribution in [0.2, 0.25) is 5.02 Å². The van der Waals surface area contributed by atoms with Gasteiger partial charge in [-0.3, -0.25) is 0 Å². The normalized spacial score (nSPS) is 12.0. The van der Waals surface area contributed by atoms with Crippen LogP contribution in [-0.2, 0) is 0 Å². The van der Waals surface area contributed by atoms with E-state index >= 15 is 0 Å². The predicted octanol–water partition coefficient (Wildman–Crippen LogP) is 4.36. The Morgan fingerprint density at radius 1 is 1.12 bits per heavy atom. The van der Waals surface area contributed by atoms with Crippen molar-refractivity contribution in [2.45, 2.75) is 13.0 Å². The highest BCUT2D eigenvalue weighted by Crippen LogP contribution is 2.25. The Morgan fingerprint density at radius 3 is 2.60 bits per heavy atom. The van der Waals surface area contributed by atoms with E-state index in [0.717, 1.165) is 22.4 Å². The first kappa shape index (κ1) is 17.3. The van der Waals surface area contributed by atoms with Crippen molar-refractivity contribution in [3.05, 3.63) is 76.8 Å². The van der Waals surface area contributed by atoms with Crippen molar-refractivity contribution in [2.24, 2.45) is 5.73 Å². The monoisotopic (exact) mass is 356 g/mol. The minimum atomic E-state index is -0.277. The Labute approximate surface area is 150 Å². The molecule has 25 heavy (non-hydrogen) atoms. The zero-order chi connectivity index (χ0) is 17.8. The summed E-state index contributed by atoms with van der Waals surface area (Å²) in [5.41, 5.74) is 9.70. The van der Waals surface area contributed by atoms with Gasteiger partial charge in [0.2, 0.25) is 0 Å². The number of benzene rings is 2. The van der Waals surface area contributed by atoms with Crippen molar-refractivity contribution in [1.82, 2.24) is 9.97 Å². The smallest absolute Gasteiger partial charge is 0.130 e. The van der Waals surface area contributed by atoms with Gasteiger partial charge in [-0.2, -0.15) is 0 Å². The van der Waals surface area contributed by atoms with Crippen LogP contribution in [0.3, 0.4) is 0 Å². The third-order valence-electron chi connectivity index (χ3n) is 3.94. The number of halogens is 2. The van der Waals surface area contributed by atoms with Crippen molar-refractivity contribution in [3.63, 3.8) is 0 Å². The topological polar surface area (TPSA) is 63.8 Å². The first-order valence-electron chi connectivity index (χ1n) is 7.86. The number of anilines is 1. The summed E-state index contributed by atoms with van der Waals surface area (Å²) in [6.45, 7) is 2.42. The number of aromatic nitrogens is 2.